The summed E-state index contributed by atoms with van der Waals surface area (Å²) >= 11 is 3.12. The highest BCUT2D eigenvalue weighted by Gasteiger charge is 2.09. The van der Waals surface area contributed by atoms with Crippen LogP contribution in [0.4, 0.5) is 5.69 Å². The third-order valence-electron chi connectivity index (χ3n) is 3.31. The molecule has 1 heterocycles. The predicted molar refractivity (Wildman–Crippen MR) is 93.1 cm³/mol. The quantitative estimate of drug-likeness (QED) is 0.595. The number of hydrogen-bond acceptors (Lipinski definition) is 5. The average Bonchev–Trinajstić information content (AvgIpc) is 2.97. The van der Waals surface area contributed by atoms with Crippen LogP contribution in [0.5, 0.6) is 5.75 Å². The van der Waals surface area contributed by atoms with E-state index in [1.807, 2.05) is 6.07 Å². The zero-order valence-electron chi connectivity index (χ0n) is 12.9. The largest absolute Gasteiger partial charge is 0.507 e. The Morgan fingerprint density at radius 2 is 2.09 bits per heavy atom. The number of furan rings is 1. The third-order valence-corrected chi connectivity index (χ3v) is 3.74. The van der Waals surface area contributed by atoms with Crippen molar-refractivity contribution in [3.8, 4) is 5.75 Å². The van der Waals surface area contributed by atoms with E-state index >= 15 is 0 Å². The number of nitrogens with one attached hydrogen (secondary N) is 1. The van der Waals surface area contributed by atoms with Crippen LogP contribution in [0, 0.1) is 0 Å². The van der Waals surface area contributed by atoms with Gasteiger partial charge in [0.2, 0.25) is 0 Å². The molecule has 0 spiro atoms. The Balaban J connectivity index is 2.03. The van der Waals surface area contributed by atoms with Crippen molar-refractivity contribution in [3.05, 3.63) is 46.3 Å². The molecule has 0 aliphatic carbocycles. The van der Waals surface area contributed by atoms with Gasteiger partial charge in [-0.3, -0.25) is 4.79 Å². The second kappa shape index (κ2) is 7.82. The molecule has 1 amide bonds. The number of rotatable bonds is 6. The van der Waals surface area contributed by atoms with Gasteiger partial charge in [0.25, 0.3) is 0 Å². The Labute approximate surface area is 142 Å². The SMILES string of the molecule is CCN(CC)c1ccc(/C=N/NC(=O)c2ccc(Br)o2)c(O)c1. The molecular formula is C16H18BrN3O3. The second-order valence-electron chi connectivity index (χ2n) is 4.72. The summed E-state index contributed by atoms with van der Waals surface area (Å²) in [6.07, 6.45) is 1.39. The van der Waals surface area contributed by atoms with Crippen LogP contribution in [0.3, 0.4) is 0 Å². The molecule has 23 heavy (non-hydrogen) atoms. The minimum atomic E-state index is -0.466. The van der Waals surface area contributed by atoms with Gasteiger partial charge in [-0.05, 0) is 54.0 Å². The van der Waals surface area contributed by atoms with Crippen LogP contribution in [0.1, 0.15) is 30.0 Å². The number of nitrogens with zero attached hydrogens (tertiary/aromatic N) is 2. The number of aromatic hydroxyl groups is 1. The second-order valence-corrected chi connectivity index (χ2v) is 5.50. The molecule has 2 aromatic rings. The summed E-state index contributed by atoms with van der Waals surface area (Å²) in [7, 11) is 0. The van der Waals surface area contributed by atoms with E-state index in [9.17, 15) is 9.90 Å². The van der Waals surface area contributed by atoms with E-state index in [2.05, 4.69) is 45.2 Å². The van der Waals surface area contributed by atoms with Gasteiger partial charge in [0.1, 0.15) is 5.75 Å². The number of phenolic OH excluding ortho intramolecular Hbond substituents is 1. The first-order valence-electron chi connectivity index (χ1n) is 7.21. The Morgan fingerprint density at radius 1 is 1.35 bits per heavy atom. The maximum atomic E-state index is 11.7. The summed E-state index contributed by atoms with van der Waals surface area (Å²) in [6.45, 7) is 5.83. The number of amides is 1. The molecule has 1 aromatic heterocycles. The normalized spacial score (nSPS) is 10.9. The van der Waals surface area contributed by atoms with Crippen molar-refractivity contribution < 1.29 is 14.3 Å². The zero-order valence-corrected chi connectivity index (χ0v) is 14.5. The monoisotopic (exact) mass is 379 g/mol. The molecule has 0 bridgehead atoms. The topological polar surface area (TPSA) is 78.1 Å². The third kappa shape index (κ3) is 4.35. The van der Waals surface area contributed by atoms with Gasteiger partial charge in [0.05, 0.1) is 6.21 Å². The van der Waals surface area contributed by atoms with E-state index in [0.29, 0.717) is 10.2 Å². The molecule has 0 unspecified atom stereocenters. The van der Waals surface area contributed by atoms with Gasteiger partial charge in [-0.15, -0.1) is 0 Å². The highest BCUT2D eigenvalue weighted by Crippen LogP contribution is 2.23. The van der Waals surface area contributed by atoms with Gasteiger partial charge in [-0.1, -0.05) is 0 Å². The predicted octanol–water partition coefficient (Wildman–Crippen LogP) is 3.36. The molecule has 0 aliphatic heterocycles. The van der Waals surface area contributed by atoms with Gasteiger partial charge in [0.15, 0.2) is 10.4 Å². The minimum absolute atomic E-state index is 0.105. The first-order chi connectivity index (χ1) is 11.0. The molecule has 2 N–H and O–H groups in total. The highest BCUT2D eigenvalue weighted by atomic mass is 79.9. The molecule has 0 fully saturated rings. The van der Waals surface area contributed by atoms with E-state index in [1.165, 1.54) is 12.3 Å². The lowest BCUT2D eigenvalue weighted by Gasteiger charge is -2.21. The van der Waals surface area contributed by atoms with Crippen molar-refractivity contribution in [1.82, 2.24) is 5.43 Å². The van der Waals surface area contributed by atoms with E-state index < -0.39 is 5.91 Å². The fourth-order valence-corrected chi connectivity index (χ4v) is 2.39. The van der Waals surface area contributed by atoms with Gasteiger partial charge in [-0.25, -0.2) is 5.43 Å². The van der Waals surface area contributed by atoms with Crippen LogP contribution in [-0.4, -0.2) is 30.3 Å². The number of anilines is 1. The first-order valence-corrected chi connectivity index (χ1v) is 8.01. The van der Waals surface area contributed by atoms with Crippen LogP contribution >= 0.6 is 15.9 Å². The van der Waals surface area contributed by atoms with Crippen LogP contribution in [0.15, 0.2) is 44.5 Å². The van der Waals surface area contributed by atoms with Gasteiger partial charge < -0.3 is 14.4 Å². The van der Waals surface area contributed by atoms with Crippen LogP contribution in [0.25, 0.3) is 0 Å². The number of halogens is 1. The number of phenols is 1. The lowest BCUT2D eigenvalue weighted by atomic mass is 10.2. The summed E-state index contributed by atoms with van der Waals surface area (Å²) in [5, 5.41) is 13.9. The molecule has 0 aliphatic rings. The van der Waals surface area contributed by atoms with Crippen molar-refractivity contribution in [2.75, 3.05) is 18.0 Å². The Morgan fingerprint density at radius 3 is 2.65 bits per heavy atom. The fraction of sp³-hybridized carbons (Fsp3) is 0.250. The molecule has 0 atom stereocenters. The molecule has 0 saturated carbocycles. The van der Waals surface area contributed by atoms with Crippen LogP contribution in [0.2, 0.25) is 0 Å². The summed E-state index contributed by atoms with van der Waals surface area (Å²) < 4.78 is 5.58. The number of carbonyl (C=O) groups excluding carboxylic acids is 1. The van der Waals surface area contributed by atoms with Crippen molar-refractivity contribution in [2.24, 2.45) is 5.10 Å². The molecule has 1 aromatic carbocycles. The maximum Gasteiger partial charge on any atom is 0.307 e. The summed E-state index contributed by atoms with van der Waals surface area (Å²) in [6, 6.07) is 8.49. The first kappa shape index (κ1) is 17.1. The Hall–Kier alpha value is -2.28. The smallest absolute Gasteiger partial charge is 0.307 e. The van der Waals surface area contributed by atoms with Gasteiger partial charge in [0, 0.05) is 30.4 Å². The summed E-state index contributed by atoms with van der Waals surface area (Å²) in [5.41, 5.74) is 3.80. The van der Waals surface area contributed by atoms with Crippen molar-refractivity contribution in [3.63, 3.8) is 0 Å². The molecule has 2 rings (SSSR count). The Bertz CT molecular complexity index is 708. The van der Waals surface area contributed by atoms with E-state index in [-0.39, 0.29) is 11.5 Å². The van der Waals surface area contributed by atoms with Crippen LogP contribution in [-0.2, 0) is 0 Å². The lowest BCUT2D eigenvalue weighted by molar-refractivity contribution is 0.0926. The standard InChI is InChI=1S/C16H18BrN3O3/c1-3-20(4-2)12-6-5-11(13(21)9-12)10-18-19-16(22)14-7-8-15(17)23-14/h5-10,21H,3-4H2,1-2H3,(H,19,22)/b18-10+. The number of hydrogen-bond donors (Lipinski definition) is 2. The van der Waals surface area contributed by atoms with E-state index in [0.717, 1.165) is 18.8 Å². The average molecular weight is 380 g/mol. The summed E-state index contributed by atoms with van der Waals surface area (Å²) in [5.74, 6) is -0.213. The molecule has 7 heteroatoms. The number of benzene rings is 1. The van der Waals surface area contributed by atoms with Crippen molar-refractivity contribution in [1.29, 1.82) is 0 Å². The lowest BCUT2D eigenvalue weighted by Crippen LogP contribution is -2.21. The molecule has 0 saturated heterocycles. The molecule has 0 radical (unpaired) electrons. The minimum Gasteiger partial charge on any atom is -0.507 e. The number of hydrazone groups is 1. The van der Waals surface area contributed by atoms with E-state index in [1.54, 1.807) is 18.2 Å². The Kier molecular flexibility index (Phi) is 5.81. The zero-order chi connectivity index (χ0) is 16.8. The fourth-order valence-electron chi connectivity index (χ4n) is 2.08. The van der Waals surface area contributed by atoms with E-state index in [4.69, 9.17) is 4.42 Å². The van der Waals surface area contributed by atoms with Crippen molar-refractivity contribution in [2.45, 2.75) is 13.8 Å². The van der Waals surface area contributed by atoms with Gasteiger partial charge >= 0.3 is 5.91 Å². The molecule has 6 nitrogen and oxygen atoms in total. The molecule has 122 valence electrons. The summed E-state index contributed by atoms with van der Waals surface area (Å²) in [4.78, 5) is 13.9. The van der Waals surface area contributed by atoms with Gasteiger partial charge in [-0.2, -0.15) is 5.10 Å². The highest BCUT2D eigenvalue weighted by molar-refractivity contribution is 9.10. The van der Waals surface area contributed by atoms with Crippen molar-refractivity contribution >= 4 is 33.7 Å². The van der Waals surface area contributed by atoms with Crippen LogP contribution < -0.4 is 10.3 Å². The maximum absolute atomic E-state index is 11.7. The number of carbonyl (C=O) groups is 1. The molecular weight excluding hydrogens is 362 g/mol.